The van der Waals surface area contributed by atoms with Crippen molar-refractivity contribution in [2.45, 2.75) is 20.8 Å². The third-order valence-corrected chi connectivity index (χ3v) is 5.13. The Hall–Kier alpha value is -2.33. The number of quaternary nitrogens is 1. The highest BCUT2D eigenvalue weighted by Crippen LogP contribution is 2.18. The Balaban J connectivity index is 1.51. The lowest BCUT2D eigenvalue weighted by atomic mass is 10.1. The number of nitrogens with zero attached hydrogens (tertiary/aromatic N) is 1. The molecule has 2 aromatic carbocycles. The average molecular weight is 338 g/mol. The molecule has 2 N–H and O–H groups in total. The number of benzene rings is 2. The van der Waals surface area contributed by atoms with Crippen LogP contribution in [0.1, 0.15) is 16.7 Å². The van der Waals surface area contributed by atoms with Crippen LogP contribution in [-0.4, -0.2) is 38.6 Å². The molecule has 0 saturated carbocycles. The Morgan fingerprint density at radius 2 is 1.72 bits per heavy atom. The van der Waals surface area contributed by atoms with Crippen LogP contribution in [0.3, 0.4) is 0 Å². The quantitative estimate of drug-likeness (QED) is 0.894. The first-order valence-electron chi connectivity index (χ1n) is 9.04. The van der Waals surface area contributed by atoms with Crippen LogP contribution in [0.15, 0.2) is 42.5 Å². The minimum Gasteiger partial charge on any atom is -0.360 e. The van der Waals surface area contributed by atoms with Crippen molar-refractivity contribution in [3.63, 3.8) is 0 Å². The Kier molecular flexibility index (Phi) is 5.39. The van der Waals surface area contributed by atoms with E-state index in [4.69, 9.17) is 0 Å². The zero-order valence-corrected chi connectivity index (χ0v) is 15.4. The molecule has 4 nitrogen and oxygen atoms in total. The van der Waals surface area contributed by atoms with E-state index in [1.807, 2.05) is 12.1 Å². The summed E-state index contributed by atoms with van der Waals surface area (Å²) in [6.07, 6.45) is 0. The Labute approximate surface area is 150 Å². The fraction of sp³-hybridized carbons (Fsp3) is 0.381. The molecule has 1 fully saturated rings. The van der Waals surface area contributed by atoms with Crippen molar-refractivity contribution in [3.8, 4) is 0 Å². The summed E-state index contributed by atoms with van der Waals surface area (Å²) in [7, 11) is 0. The number of anilines is 2. The molecule has 132 valence electrons. The molecular weight excluding hydrogens is 310 g/mol. The van der Waals surface area contributed by atoms with Crippen molar-refractivity contribution in [3.05, 3.63) is 59.2 Å². The van der Waals surface area contributed by atoms with Crippen LogP contribution in [-0.2, 0) is 4.79 Å². The van der Waals surface area contributed by atoms with E-state index in [1.54, 1.807) is 0 Å². The monoisotopic (exact) mass is 338 g/mol. The number of hydrogen-bond donors (Lipinski definition) is 2. The van der Waals surface area contributed by atoms with Gasteiger partial charge in [0.05, 0.1) is 26.2 Å². The summed E-state index contributed by atoms with van der Waals surface area (Å²) in [5, 5.41) is 3.04. The van der Waals surface area contributed by atoms with Crippen molar-refractivity contribution in [2.24, 2.45) is 0 Å². The van der Waals surface area contributed by atoms with Gasteiger partial charge in [0, 0.05) is 11.4 Å². The predicted octanol–water partition coefficient (Wildman–Crippen LogP) is 1.96. The largest absolute Gasteiger partial charge is 0.360 e. The molecule has 0 radical (unpaired) electrons. The van der Waals surface area contributed by atoms with Gasteiger partial charge in [-0.05, 0) is 55.7 Å². The van der Waals surface area contributed by atoms with Crippen LogP contribution in [0, 0.1) is 20.8 Å². The molecule has 4 heteroatoms. The lowest BCUT2D eigenvalue weighted by molar-refractivity contribution is -0.892. The number of rotatable bonds is 4. The number of para-hydroxylation sites is 1. The number of hydrogen-bond acceptors (Lipinski definition) is 2. The number of carbonyl (C=O) groups excluding carboxylic acids is 1. The summed E-state index contributed by atoms with van der Waals surface area (Å²) < 4.78 is 0. The van der Waals surface area contributed by atoms with Crippen LogP contribution in [0.25, 0.3) is 0 Å². The predicted molar refractivity (Wildman–Crippen MR) is 104 cm³/mol. The van der Waals surface area contributed by atoms with Crippen LogP contribution >= 0.6 is 0 Å². The molecule has 1 saturated heterocycles. The lowest BCUT2D eigenvalue weighted by Crippen LogP contribution is -3.15. The summed E-state index contributed by atoms with van der Waals surface area (Å²) >= 11 is 0. The molecule has 0 aliphatic carbocycles. The number of amides is 1. The van der Waals surface area contributed by atoms with Crippen molar-refractivity contribution >= 4 is 17.3 Å². The van der Waals surface area contributed by atoms with E-state index in [0.29, 0.717) is 6.54 Å². The first kappa shape index (κ1) is 17.5. The van der Waals surface area contributed by atoms with Gasteiger partial charge < -0.3 is 15.1 Å². The zero-order chi connectivity index (χ0) is 17.8. The first-order chi connectivity index (χ1) is 12.0. The van der Waals surface area contributed by atoms with Gasteiger partial charge in [0.2, 0.25) is 0 Å². The molecule has 0 atom stereocenters. The van der Waals surface area contributed by atoms with E-state index in [0.717, 1.165) is 31.9 Å². The third kappa shape index (κ3) is 4.40. The first-order valence-corrected chi connectivity index (χ1v) is 9.04. The number of carbonyl (C=O) groups is 1. The summed E-state index contributed by atoms with van der Waals surface area (Å²) in [4.78, 5) is 16.1. The van der Waals surface area contributed by atoms with Gasteiger partial charge in [-0.1, -0.05) is 24.3 Å². The zero-order valence-electron chi connectivity index (χ0n) is 15.4. The maximum atomic E-state index is 12.3. The molecule has 1 heterocycles. The van der Waals surface area contributed by atoms with Crippen LogP contribution in [0.5, 0.6) is 0 Å². The summed E-state index contributed by atoms with van der Waals surface area (Å²) in [5.74, 6) is 0.0996. The molecule has 25 heavy (non-hydrogen) atoms. The minimum atomic E-state index is 0.0996. The summed E-state index contributed by atoms with van der Waals surface area (Å²) in [5.41, 5.74) is 5.98. The molecule has 0 bridgehead atoms. The van der Waals surface area contributed by atoms with Gasteiger partial charge in [-0.25, -0.2) is 0 Å². The fourth-order valence-corrected chi connectivity index (χ4v) is 3.41. The van der Waals surface area contributed by atoms with Crippen LogP contribution in [0.2, 0.25) is 0 Å². The Morgan fingerprint density at radius 3 is 2.40 bits per heavy atom. The Bertz CT molecular complexity index is 749. The van der Waals surface area contributed by atoms with Gasteiger partial charge in [-0.3, -0.25) is 4.79 Å². The Morgan fingerprint density at radius 1 is 1.00 bits per heavy atom. The normalized spacial score (nSPS) is 15.2. The van der Waals surface area contributed by atoms with Crippen LogP contribution in [0.4, 0.5) is 11.4 Å². The molecule has 3 rings (SSSR count). The molecule has 1 aliphatic heterocycles. The highest BCUT2D eigenvalue weighted by Gasteiger charge is 2.23. The maximum Gasteiger partial charge on any atom is 0.279 e. The van der Waals surface area contributed by atoms with E-state index in [9.17, 15) is 4.79 Å². The van der Waals surface area contributed by atoms with Crippen molar-refractivity contribution < 1.29 is 9.69 Å². The molecule has 0 spiro atoms. The highest BCUT2D eigenvalue weighted by atomic mass is 16.2. The number of nitrogens with one attached hydrogen (secondary N) is 2. The average Bonchev–Trinajstić information content (AvgIpc) is 2.59. The van der Waals surface area contributed by atoms with E-state index in [-0.39, 0.29) is 5.91 Å². The molecule has 1 amide bonds. The number of aryl methyl sites for hydroxylation is 3. The van der Waals surface area contributed by atoms with Crippen LogP contribution < -0.4 is 15.1 Å². The van der Waals surface area contributed by atoms with E-state index in [1.165, 1.54) is 27.3 Å². The SMILES string of the molecule is Cc1ccc(NC(=O)C[NH+]2CCN(c3ccccc3C)CC2)cc1C. The smallest absolute Gasteiger partial charge is 0.279 e. The molecule has 1 aliphatic rings. The van der Waals surface area contributed by atoms with Crippen molar-refractivity contribution in [1.29, 1.82) is 0 Å². The maximum absolute atomic E-state index is 12.3. The molecule has 2 aromatic rings. The van der Waals surface area contributed by atoms with Crippen molar-refractivity contribution in [1.82, 2.24) is 0 Å². The van der Waals surface area contributed by atoms with Gasteiger partial charge in [-0.2, -0.15) is 0 Å². The van der Waals surface area contributed by atoms with Gasteiger partial charge in [0.25, 0.3) is 5.91 Å². The highest BCUT2D eigenvalue weighted by molar-refractivity contribution is 5.91. The topological polar surface area (TPSA) is 36.8 Å². The van der Waals surface area contributed by atoms with Crippen molar-refractivity contribution in [2.75, 3.05) is 42.9 Å². The number of piperazine rings is 1. The van der Waals surface area contributed by atoms with E-state index in [2.05, 4.69) is 61.3 Å². The van der Waals surface area contributed by atoms with E-state index < -0.39 is 0 Å². The summed E-state index contributed by atoms with van der Waals surface area (Å²) in [6, 6.07) is 14.6. The lowest BCUT2D eigenvalue weighted by Gasteiger charge is -2.34. The second-order valence-corrected chi connectivity index (χ2v) is 7.05. The van der Waals surface area contributed by atoms with Gasteiger partial charge in [-0.15, -0.1) is 0 Å². The van der Waals surface area contributed by atoms with Gasteiger partial charge in [0.15, 0.2) is 6.54 Å². The third-order valence-electron chi connectivity index (χ3n) is 5.13. The summed E-state index contributed by atoms with van der Waals surface area (Å²) in [6.45, 7) is 10.8. The standard InChI is InChI=1S/C21H27N3O/c1-16-8-9-19(14-18(16)3)22-21(25)15-23-10-12-24(13-11-23)20-7-5-4-6-17(20)2/h4-9,14H,10-13,15H2,1-3H3,(H,22,25)/p+1. The van der Waals surface area contributed by atoms with Gasteiger partial charge >= 0.3 is 0 Å². The van der Waals surface area contributed by atoms with Gasteiger partial charge in [0.1, 0.15) is 0 Å². The second-order valence-electron chi connectivity index (χ2n) is 7.05. The molecule has 0 aromatic heterocycles. The molecular formula is C21H28N3O+. The second kappa shape index (κ2) is 7.70. The minimum absolute atomic E-state index is 0.0996. The fourth-order valence-electron chi connectivity index (χ4n) is 3.41. The molecule has 0 unspecified atom stereocenters. The van der Waals surface area contributed by atoms with E-state index >= 15 is 0 Å².